The van der Waals surface area contributed by atoms with Crippen LogP contribution in [0.5, 0.6) is 0 Å². The molecule has 0 aromatic heterocycles. The molecule has 0 aliphatic heterocycles. The van der Waals surface area contributed by atoms with Crippen molar-refractivity contribution in [2.75, 3.05) is 5.33 Å². The van der Waals surface area contributed by atoms with Crippen LogP contribution in [0.25, 0.3) is 5.57 Å². The molecule has 0 radical (unpaired) electrons. The summed E-state index contributed by atoms with van der Waals surface area (Å²) in [5, 5.41) is 1.10. The molecule has 0 N–H and O–H groups in total. The van der Waals surface area contributed by atoms with Gasteiger partial charge in [-0.3, -0.25) is 0 Å². The number of hydrogen-bond donors (Lipinski definition) is 0. The lowest BCUT2D eigenvalue weighted by Gasteiger charge is -2.17. The van der Waals surface area contributed by atoms with Crippen LogP contribution in [-0.2, 0) is 6.42 Å². The molecular formula is C13H15Br. The molecule has 0 atom stereocenters. The molecule has 74 valence electrons. The third-order valence-electron chi connectivity index (χ3n) is 2.75. The zero-order valence-corrected chi connectivity index (χ0v) is 9.89. The predicted molar refractivity (Wildman–Crippen MR) is 65.8 cm³/mol. The Balaban J connectivity index is 2.22. The number of benzene rings is 1. The summed E-state index contributed by atoms with van der Waals surface area (Å²) in [5.74, 6) is 0. The molecule has 1 heteroatoms. The van der Waals surface area contributed by atoms with Gasteiger partial charge >= 0.3 is 0 Å². The summed E-state index contributed by atoms with van der Waals surface area (Å²) in [4.78, 5) is 0. The van der Waals surface area contributed by atoms with Crippen molar-refractivity contribution in [1.29, 1.82) is 0 Å². The number of aryl methyl sites for hydroxylation is 1. The molecule has 0 heterocycles. The zero-order valence-electron chi connectivity index (χ0n) is 8.30. The van der Waals surface area contributed by atoms with Crippen molar-refractivity contribution in [1.82, 2.24) is 0 Å². The highest BCUT2D eigenvalue weighted by Gasteiger charge is 2.10. The van der Waals surface area contributed by atoms with Crippen molar-refractivity contribution in [2.45, 2.75) is 25.7 Å². The first kappa shape index (κ1) is 9.97. The summed E-state index contributed by atoms with van der Waals surface area (Å²) in [6, 6.07) is 8.81. The van der Waals surface area contributed by atoms with Gasteiger partial charge in [-0.15, -0.1) is 0 Å². The molecule has 0 amide bonds. The average Bonchev–Trinajstić information content (AvgIpc) is 2.26. The molecule has 0 fully saturated rings. The van der Waals surface area contributed by atoms with Gasteiger partial charge in [-0.25, -0.2) is 0 Å². The molecule has 1 aliphatic rings. The van der Waals surface area contributed by atoms with Gasteiger partial charge in [-0.2, -0.15) is 0 Å². The van der Waals surface area contributed by atoms with Crippen molar-refractivity contribution in [3.63, 3.8) is 0 Å². The van der Waals surface area contributed by atoms with Crippen LogP contribution in [0.4, 0.5) is 0 Å². The molecule has 1 aromatic rings. The van der Waals surface area contributed by atoms with E-state index in [-0.39, 0.29) is 0 Å². The Bertz CT molecular complexity index is 339. The molecule has 0 saturated carbocycles. The number of alkyl halides is 1. The summed E-state index contributed by atoms with van der Waals surface area (Å²) in [7, 11) is 0. The zero-order chi connectivity index (χ0) is 9.80. The molecule has 2 rings (SSSR count). The monoisotopic (exact) mass is 250 g/mol. The first-order valence-corrected chi connectivity index (χ1v) is 6.37. The van der Waals surface area contributed by atoms with E-state index in [1.54, 1.807) is 5.57 Å². The molecule has 1 aromatic carbocycles. The second-order valence-electron chi connectivity index (χ2n) is 3.72. The lowest BCUT2D eigenvalue weighted by molar-refractivity contribution is 0.928. The first-order valence-electron chi connectivity index (χ1n) is 5.25. The summed E-state index contributed by atoms with van der Waals surface area (Å²) in [6.07, 6.45) is 7.29. The Morgan fingerprint density at radius 3 is 2.93 bits per heavy atom. The molecule has 0 nitrogen and oxygen atoms in total. The fourth-order valence-corrected chi connectivity index (χ4v) is 2.34. The van der Waals surface area contributed by atoms with Gasteiger partial charge in [0, 0.05) is 5.33 Å². The first-order chi connectivity index (χ1) is 6.92. The van der Waals surface area contributed by atoms with Crippen molar-refractivity contribution < 1.29 is 0 Å². The minimum absolute atomic E-state index is 1.10. The van der Waals surface area contributed by atoms with Crippen LogP contribution in [0.3, 0.4) is 0 Å². The maximum atomic E-state index is 3.49. The van der Waals surface area contributed by atoms with Gasteiger partial charge in [-0.05, 0) is 42.4 Å². The largest absolute Gasteiger partial charge is 0.0928 e. The van der Waals surface area contributed by atoms with Crippen molar-refractivity contribution in [3.8, 4) is 0 Å². The van der Waals surface area contributed by atoms with E-state index >= 15 is 0 Å². The topological polar surface area (TPSA) is 0 Å². The third kappa shape index (κ3) is 2.09. The molecule has 1 aliphatic carbocycles. The molecule has 0 saturated heterocycles. The maximum absolute atomic E-state index is 3.49. The minimum Gasteiger partial charge on any atom is -0.0928 e. The van der Waals surface area contributed by atoms with Crippen LogP contribution >= 0.6 is 15.9 Å². The summed E-state index contributed by atoms with van der Waals surface area (Å²) >= 11 is 3.49. The van der Waals surface area contributed by atoms with Crippen molar-refractivity contribution in [2.24, 2.45) is 0 Å². The molecular weight excluding hydrogens is 236 g/mol. The predicted octanol–water partition coefficient (Wildman–Crippen LogP) is 4.19. The van der Waals surface area contributed by atoms with E-state index in [0.717, 1.165) is 5.33 Å². The van der Waals surface area contributed by atoms with E-state index in [1.807, 2.05) is 0 Å². The van der Waals surface area contributed by atoms with E-state index in [4.69, 9.17) is 0 Å². The Kier molecular flexibility index (Phi) is 3.41. The summed E-state index contributed by atoms with van der Waals surface area (Å²) in [6.45, 7) is 0. The summed E-state index contributed by atoms with van der Waals surface area (Å²) in [5.41, 5.74) is 4.56. The van der Waals surface area contributed by atoms with Crippen LogP contribution in [0.1, 0.15) is 30.4 Å². The number of hydrogen-bond acceptors (Lipinski definition) is 0. The second kappa shape index (κ2) is 4.79. The number of allylic oxidation sites excluding steroid dienone is 2. The van der Waals surface area contributed by atoms with Gasteiger partial charge in [0.15, 0.2) is 0 Å². The Labute approximate surface area is 94.2 Å². The maximum Gasteiger partial charge on any atom is 0.00344 e. The van der Waals surface area contributed by atoms with Crippen LogP contribution < -0.4 is 0 Å². The molecule has 0 unspecified atom stereocenters. The number of halogens is 1. The van der Waals surface area contributed by atoms with Gasteiger partial charge in [0.25, 0.3) is 0 Å². The molecule has 0 spiro atoms. The highest BCUT2D eigenvalue weighted by Crippen LogP contribution is 2.29. The Hall–Kier alpha value is -0.560. The third-order valence-corrected chi connectivity index (χ3v) is 3.31. The average molecular weight is 251 g/mol. The minimum atomic E-state index is 1.10. The van der Waals surface area contributed by atoms with E-state index in [1.165, 1.54) is 36.8 Å². The Morgan fingerprint density at radius 1 is 1.21 bits per heavy atom. The molecule has 0 bridgehead atoms. The van der Waals surface area contributed by atoms with Gasteiger partial charge < -0.3 is 0 Å². The highest BCUT2D eigenvalue weighted by molar-refractivity contribution is 9.09. The lowest BCUT2D eigenvalue weighted by atomic mass is 9.89. The lowest BCUT2D eigenvalue weighted by Crippen LogP contribution is -1.99. The fourth-order valence-electron chi connectivity index (χ4n) is 2.06. The van der Waals surface area contributed by atoms with E-state index < -0.39 is 0 Å². The van der Waals surface area contributed by atoms with Crippen LogP contribution in [-0.4, -0.2) is 5.33 Å². The van der Waals surface area contributed by atoms with Gasteiger partial charge in [0.05, 0.1) is 0 Å². The van der Waals surface area contributed by atoms with Gasteiger partial charge in [0.2, 0.25) is 0 Å². The Morgan fingerprint density at radius 2 is 2.07 bits per heavy atom. The normalized spacial score (nSPS) is 14.8. The standard InChI is InChI=1S/C13H15Br/c14-10-4-8-12-7-3-6-11-5-1-2-9-13(11)12/h1-2,5,7,9H,3-4,6,8,10H2. The quantitative estimate of drug-likeness (QED) is 0.706. The molecule has 14 heavy (non-hydrogen) atoms. The number of rotatable bonds is 3. The van der Waals surface area contributed by atoms with Crippen LogP contribution in [0.15, 0.2) is 30.3 Å². The van der Waals surface area contributed by atoms with Crippen LogP contribution in [0, 0.1) is 0 Å². The van der Waals surface area contributed by atoms with E-state index in [0.29, 0.717) is 0 Å². The van der Waals surface area contributed by atoms with Gasteiger partial charge in [0.1, 0.15) is 0 Å². The highest BCUT2D eigenvalue weighted by atomic mass is 79.9. The van der Waals surface area contributed by atoms with Crippen molar-refractivity contribution >= 4 is 21.5 Å². The smallest absolute Gasteiger partial charge is 0.00344 e. The number of fused-ring (bicyclic) bond motifs is 1. The second-order valence-corrected chi connectivity index (χ2v) is 4.51. The fraction of sp³-hybridized carbons (Fsp3) is 0.385. The van der Waals surface area contributed by atoms with Gasteiger partial charge in [-0.1, -0.05) is 46.3 Å². The SMILES string of the molecule is BrCCCC1=CCCc2ccccc21. The van der Waals surface area contributed by atoms with E-state index in [2.05, 4.69) is 46.3 Å². The van der Waals surface area contributed by atoms with E-state index in [9.17, 15) is 0 Å². The summed E-state index contributed by atoms with van der Waals surface area (Å²) < 4.78 is 0. The van der Waals surface area contributed by atoms with Crippen molar-refractivity contribution in [3.05, 3.63) is 41.5 Å². The van der Waals surface area contributed by atoms with Crippen LogP contribution in [0.2, 0.25) is 0 Å².